The monoisotopic (exact) mass is 218 g/mol. The molecule has 0 aliphatic heterocycles. The summed E-state index contributed by atoms with van der Waals surface area (Å²) in [5.41, 5.74) is 5.12. The first-order chi connectivity index (χ1) is 6.15. The summed E-state index contributed by atoms with van der Waals surface area (Å²) in [4.78, 5) is 12.3. The van der Waals surface area contributed by atoms with Crippen LogP contribution in [0.3, 0.4) is 0 Å². The molecule has 0 aromatic carbocycles. The second-order valence-corrected chi connectivity index (χ2v) is 4.35. The topological polar surface area (TPSA) is 41.1 Å². The summed E-state index contributed by atoms with van der Waals surface area (Å²) in [6.07, 6.45) is 0. The molecule has 1 atom stereocenters. The molecule has 1 aromatic rings. The summed E-state index contributed by atoms with van der Waals surface area (Å²) in [6.45, 7) is 1.84. The average molecular weight is 219 g/mol. The van der Waals surface area contributed by atoms with Crippen molar-refractivity contribution in [3.05, 3.63) is 21.3 Å². The first-order valence-electron chi connectivity index (χ1n) is 3.87. The lowest BCUT2D eigenvalue weighted by molar-refractivity contribution is -0.122. The van der Waals surface area contributed by atoms with Crippen LogP contribution < -0.4 is 10.9 Å². The second kappa shape index (κ2) is 4.60. The van der Waals surface area contributed by atoms with Crippen molar-refractivity contribution in [2.75, 3.05) is 7.05 Å². The highest BCUT2D eigenvalue weighted by Crippen LogP contribution is 2.27. The van der Waals surface area contributed by atoms with E-state index in [1.54, 1.807) is 13.1 Å². The molecule has 0 fully saturated rings. The van der Waals surface area contributed by atoms with Gasteiger partial charge in [-0.2, -0.15) is 0 Å². The van der Waals surface area contributed by atoms with Gasteiger partial charge in [0.05, 0.1) is 10.3 Å². The molecule has 1 rings (SSSR count). The van der Waals surface area contributed by atoms with E-state index in [-0.39, 0.29) is 11.8 Å². The Labute approximate surface area is 86.1 Å². The summed E-state index contributed by atoms with van der Waals surface area (Å²) in [6, 6.07) is 3.66. The Morgan fingerprint density at radius 3 is 2.77 bits per heavy atom. The molecule has 0 radical (unpaired) electrons. The Kier molecular flexibility index (Phi) is 3.71. The number of hydrogen-bond acceptors (Lipinski definition) is 3. The molecule has 0 spiro atoms. The van der Waals surface area contributed by atoms with Crippen LogP contribution in [0.2, 0.25) is 4.34 Å². The minimum Gasteiger partial charge on any atom is -0.291 e. The van der Waals surface area contributed by atoms with E-state index in [2.05, 4.69) is 10.9 Å². The smallest absolute Gasteiger partial charge is 0.242 e. The molecule has 2 N–H and O–H groups in total. The van der Waals surface area contributed by atoms with Crippen LogP contribution >= 0.6 is 22.9 Å². The Balaban J connectivity index is 2.67. The Morgan fingerprint density at radius 2 is 2.31 bits per heavy atom. The molecule has 0 aliphatic carbocycles. The van der Waals surface area contributed by atoms with Crippen molar-refractivity contribution in [2.24, 2.45) is 0 Å². The Bertz CT molecular complexity index is 300. The van der Waals surface area contributed by atoms with Crippen molar-refractivity contribution in [1.82, 2.24) is 10.9 Å². The van der Waals surface area contributed by atoms with Gasteiger partial charge >= 0.3 is 0 Å². The molecule has 72 valence electrons. The van der Waals surface area contributed by atoms with Crippen LogP contribution in [0.15, 0.2) is 12.1 Å². The fraction of sp³-hybridized carbons (Fsp3) is 0.375. The molecule has 0 saturated carbocycles. The maximum absolute atomic E-state index is 11.3. The molecule has 0 bridgehead atoms. The van der Waals surface area contributed by atoms with Gasteiger partial charge in [0.15, 0.2) is 0 Å². The number of carbonyl (C=O) groups excluding carboxylic acids is 1. The van der Waals surface area contributed by atoms with Crippen LogP contribution in [0.5, 0.6) is 0 Å². The van der Waals surface area contributed by atoms with Gasteiger partial charge in [-0.05, 0) is 19.1 Å². The Hall–Kier alpha value is -0.580. The Morgan fingerprint density at radius 1 is 1.62 bits per heavy atom. The average Bonchev–Trinajstić information content (AvgIpc) is 2.51. The number of nitrogens with one attached hydrogen (secondary N) is 2. The second-order valence-electron chi connectivity index (χ2n) is 2.60. The number of carbonyl (C=O) groups is 1. The summed E-state index contributed by atoms with van der Waals surface area (Å²) in [5, 5.41) is 0. The molecule has 3 nitrogen and oxygen atoms in total. The highest BCUT2D eigenvalue weighted by atomic mass is 35.5. The van der Waals surface area contributed by atoms with Crippen molar-refractivity contribution in [3.8, 4) is 0 Å². The molecule has 1 aromatic heterocycles. The van der Waals surface area contributed by atoms with E-state index in [1.807, 2.05) is 13.0 Å². The van der Waals surface area contributed by atoms with Crippen molar-refractivity contribution in [1.29, 1.82) is 0 Å². The minimum absolute atomic E-state index is 0.0546. The largest absolute Gasteiger partial charge is 0.291 e. The van der Waals surface area contributed by atoms with Crippen molar-refractivity contribution < 1.29 is 4.79 Å². The van der Waals surface area contributed by atoms with Crippen LogP contribution in [-0.2, 0) is 4.79 Å². The third kappa shape index (κ3) is 2.69. The van der Waals surface area contributed by atoms with Gasteiger partial charge < -0.3 is 0 Å². The van der Waals surface area contributed by atoms with Crippen LogP contribution in [-0.4, -0.2) is 13.0 Å². The number of halogens is 1. The standard InChI is InChI=1S/C8H11ClN2OS/c1-5(8(12)11-10-2)6-3-4-7(9)13-6/h3-5,10H,1-2H3,(H,11,12). The summed E-state index contributed by atoms with van der Waals surface area (Å²) in [5.74, 6) is -0.217. The fourth-order valence-electron chi connectivity index (χ4n) is 0.922. The van der Waals surface area contributed by atoms with Crippen LogP contribution in [0, 0.1) is 0 Å². The quantitative estimate of drug-likeness (QED) is 0.760. The first-order valence-corrected chi connectivity index (χ1v) is 5.06. The van der Waals surface area contributed by atoms with E-state index in [1.165, 1.54) is 11.3 Å². The summed E-state index contributed by atoms with van der Waals surface area (Å²) >= 11 is 7.18. The van der Waals surface area contributed by atoms with Gasteiger partial charge in [-0.25, -0.2) is 5.43 Å². The van der Waals surface area contributed by atoms with Gasteiger partial charge in [0, 0.05) is 11.9 Å². The number of hydrazine groups is 1. The zero-order valence-electron chi connectivity index (χ0n) is 7.43. The molecule has 1 amide bonds. The third-order valence-corrected chi connectivity index (χ3v) is 3.08. The van der Waals surface area contributed by atoms with Crippen LogP contribution in [0.25, 0.3) is 0 Å². The SMILES string of the molecule is CNNC(=O)C(C)c1ccc(Cl)s1. The van der Waals surface area contributed by atoms with Gasteiger partial charge in [0.1, 0.15) is 0 Å². The third-order valence-electron chi connectivity index (χ3n) is 1.66. The molecule has 1 heterocycles. The van der Waals surface area contributed by atoms with Crippen LogP contribution in [0.1, 0.15) is 17.7 Å². The normalized spacial score (nSPS) is 12.5. The van der Waals surface area contributed by atoms with Gasteiger partial charge in [-0.15, -0.1) is 11.3 Å². The molecule has 0 saturated heterocycles. The lowest BCUT2D eigenvalue weighted by atomic mass is 10.1. The number of hydrogen-bond donors (Lipinski definition) is 2. The maximum atomic E-state index is 11.3. The van der Waals surface area contributed by atoms with Gasteiger partial charge in [0.25, 0.3) is 0 Å². The molecule has 13 heavy (non-hydrogen) atoms. The highest BCUT2D eigenvalue weighted by molar-refractivity contribution is 7.16. The fourth-order valence-corrected chi connectivity index (χ4v) is 2.03. The molecular formula is C8H11ClN2OS. The van der Waals surface area contributed by atoms with E-state index in [0.29, 0.717) is 4.34 Å². The van der Waals surface area contributed by atoms with E-state index in [9.17, 15) is 4.79 Å². The summed E-state index contributed by atoms with van der Waals surface area (Å²) in [7, 11) is 1.66. The number of amides is 1. The van der Waals surface area contributed by atoms with Gasteiger partial charge in [-0.3, -0.25) is 10.2 Å². The lowest BCUT2D eigenvalue weighted by Crippen LogP contribution is -2.36. The maximum Gasteiger partial charge on any atom is 0.242 e. The van der Waals surface area contributed by atoms with E-state index < -0.39 is 0 Å². The molecular weight excluding hydrogens is 208 g/mol. The first kappa shape index (κ1) is 10.5. The highest BCUT2D eigenvalue weighted by Gasteiger charge is 2.15. The van der Waals surface area contributed by atoms with E-state index in [4.69, 9.17) is 11.6 Å². The molecule has 0 aliphatic rings. The van der Waals surface area contributed by atoms with Crippen molar-refractivity contribution in [2.45, 2.75) is 12.8 Å². The lowest BCUT2D eigenvalue weighted by Gasteiger charge is -2.08. The zero-order valence-corrected chi connectivity index (χ0v) is 9.00. The zero-order chi connectivity index (χ0) is 9.84. The minimum atomic E-state index is -0.162. The molecule has 1 unspecified atom stereocenters. The van der Waals surface area contributed by atoms with E-state index in [0.717, 1.165) is 4.88 Å². The predicted octanol–water partition coefficient (Wildman–Crippen LogP) is 1.76. The summed E-state index contributed by atoms with van der Waals surface area (Å²) < 4.78 is 0.708. The van der Waals surface area contributed by atoms with Crippen molar-refractivity contribution >= 4 is 28.8 Å². The predicted molar refractivity (Wildman–Crippen MR) is 54.9 cm³/mol. The van der Waals surface area contributed by atoms with Crippen LogP contribution in [0.4, 0.5) is 0 Å². The van der Waals surface area contributed by atoms with Gasteiger partial charge in [0.2, 0.25) is 5.91 Å². The van der Waals surface area contributed by atoms with Gasteiger partial charge in [-0.1, -0.05) is 11.6 Å². The number of rotatable bonds is 3. The van der Waals surface area contributed by atoms with E-state index >= 15 is 0 Å². The number of thiophene rings is 1. The van der Waals surface area contributed by atoms with Crippen molar-refractivity contribution in [3.63, 3.8) is 0 Å². The molecule has 5 heteroatoms.